The molecule has 1 heterocycles. The number of allylic oxidation sites excluding steroid dienone is 4. The Labute approximate surface area is 168 Å². The molecule has 0 bridgehead atoms. The van der Waals surface area contributed by atoms with Gasteiger partial charge < -0.3 is 10.1 Å². The quantitative estimate of drug-likeness (QED) is 0.572. The van der Waals surface area contributed by atoms with Gasteiger partial charge in [0.25, 0.3) is 0 Å². The molecule has 1 atom stereocenters. The van der Waals surface area contributed by atoms with Crippen molar-refractivity contribution >= 4 is 10.9 Å². The molecule has 2 aromatic rings. The van der Waals surface area contributed by atoms with E-state index in [0.717, 1.165) is 40.6 Å². The van der Waals surface area contributed by atoms with Crippen molar-refractivity contribution in [3.8, 4) is 0 Å². The van der Waals surface area contributed by atoms with E-state index in [0.29, 0.717) is 12.8 Å². The largest absolute Gasteiger partial charge is 0.389 e. The monoisotopic (exact) mass is 379 g/mol. The molecule has 2 N–H and O–H groups in total. The number of benzene rings is 1. The molecule has 150 valence electrons. The SMILES string of the molecule is CC(C)=C[C@H](O)C/C(C)=C/CC/C(C)=C/Cc1c(C)[nH]c2ccccc2c1=O. The van der Waals surface area contributed by atoms with Crippen LogP contribution in [0.1, 0.15) is 58.2 Å². The fourth-order valence-corrected chi connectivity index (χ4v) is 3.43. The summed E-state index contributed by atoms with van der Waals surface area (Å²) in [6, 6.07) is 7.67. The van der Waals surface area contributed by atoms with Crippen molar-refractivity contribution in [3.63, 3.8) is 0 Å². The normalized spacial score (nSPS) is 13.6. The number of H-pyrrole nitrogens is 1. The van der Waals surface area contributed by atoms with E-state index in [2.05, 4.69) is 31.0 Å². The van der Waals surface area contributed by atoms with E-state index in [1.165, 1.54) is 11.1 Å². The minimum atomic E-state index is -0.402. The van der Waals surface area contributed by atoms with Gasteiger partial charge in [0.1, 0.15) is 0 Å². The van der Waals surface area contributed by atoms with Crippen molar-refractivity contribution in [3.05, 3.63) is 80.7 Å². The zero-order valence-electron chi connectivity index (χ0n) is 17.8. The summed E-state index contributed by atoms with van der Waals surface area (Å²) in [7, 11) is 0. The summed E-state index contributed by atoms with van der Waals surface area (Å²) in [5.41, 5.74) is 6.43. The third-order valence-corrected chi connectivity index (χ3v) is 4.96. The smallest absolute Gasteiger partial charge is 0.193 e. The molecule has 0 radical (unpaired) electrons. The van der Waals surface area contributed by atoms with Gasteiger partial charge in [0, 0.05) is 22.2 Å². The lowest BCUT2D eigenvalue weighted by atomic mass is 10.0. The third-order valence-electron chi connectivity index (χ3n) is 4.96. The number of aromatic nitrogens is 1. The molecule has 0 aliphatic rings. The lowest BCUT2D eigenvalue weighted by Crippen LogP contribution is -2.12. The molecule has 28 heavy (non-hydrogen) atoms. The number of hydrogen-bond donors (Lipinski definition) is 2. The van der Waals surface area contributed by atoms with Gasteiger partial charge in [-0.15, -0.1) is 0 Å². The Morgan fingerprint density at radius 1 is 1.11 bits per heavy atom. The molecule has 1 aromatic heterocycles. The van der Waals surface area contributed by atoms with Crippen LogP contribution in [0.5, 0.6) is 0 Å². The molecule has 0 fully saturated rings. The fourth-order valence-electron chi connectivity index (χ4n) is 3.43. The van der Waals surface area contributed by atoms with Gasteiger partial charge in [-0.3, -0.25) is 4.79 Å². The van der Waals surface area contributed by atoms with Gasteiger partial charge in [0.2, 0.25) is 0 Å². The molecular weight excluding hydrogens is 346 g/mol. The summed E-state index contributed by atoms with van der Waals surface area (Å²) < 4.78 is 0. The van der Waals surface area contributed by atoms with E-state index in [9.17, 15) is 9.90 Å². The van der Waals surface area contributed by atoms with E-state index >= 15 is 0 Å². The number of aryl methyl sites for hydroxylation is 1. The molecule has 0 saturated carbocycles. The van der Waals surface area contributed by atoms with Crippen molar-refractivity contribution in [1.82, 2.24) is 4.98 Å². The Morgan fingerprint density at radius 2 is 1.82 bits per heavy atom. The number of pyridine rings is 1. The van der Waals surface area contributed by atoms with Crippen LogP contribution in [-0.2, 0) is 6.42 Å². The second-order valence-electron chi connectivity index (χ2n) is 7.96. The lowest BCUT2D eigenvalue weighted by molar-refractivity contribution is 0.222. The van der Waals surface area contributed by atoms with Gasteiger partial charge in [-0.05, 0) is 72.4 Å². The number of aliphatic hydroxyl groups is 1. The molecular formula is C25H33NO2. The van der Waals surface area contributed by atoms with Gasteiger partial charge in [-0.1, -0.05) is 47.1 Å². The first-order chi connectivity index (χ1) is 13.3. The highest BCUT2D eigenvalue weighted by Crippen LogP contribution is 2.15. The molecule has 0 aliphatic heterocycles. The van der Waals surface area contributed by atoms with Gasteiger partial charge in [0.05, 0.1) is 6.10 Å². The summed E-state index contributed by atoms with van der Waals surface area (Å²) in [6.07, 6.45) is 9.09. The fraction of sp³-hybridized carbons (Fsp3) is 0.400. The highest BCUT2D eigenvalue weighted by molar-refractivity contribution is 5.79. The minimum Gasteiger partial charge on any atom is -0.389 e. The molecule has 3 nitrogen and oxygen atoms in total. The first kappa shape index (κ1) is 21.9. The van der Waals surface area contributed by atoms with E-state index in [1.54, 1.807) is 0 Å². The number of hydrogen-bond acceptors (Lipinski definition) is 2. The third kappa shape index (κ3) is 6.35. The topological polar surface area (TPSA) is 53.1 Å². The number of fused-ring (bicyclic) bond motifs is 1. The van der Waals surface area contributed by atoms with Crippen LogP contribution in [0.15, 0.2) is 64.0 Å². The summed E-state index contributed by atoms with van der Waals surface area (Å²) >= 11 is 0. The molecule has 0 spiro atoms. The van der Waals surface area contributed by atoms with Crippen LogP contribution in [0, 0.1) is 6.92 Å². The molecule has 0 saturated heterocycles. The van der Waals surface area contributed by atoms with Crippen LogP contribution in [0.3, 0.4) is 0 Å². The second-order valence-corrected chi connectivity index (χ2v) is 7.96. The Bertz CT molecular complexity index is 956. The average molecular weight is 380 g/mol. The zero-order chi connectivity index (χ0) is 20.7. The van der Waals surface area contributed by atoms with E-state index < -0.39 is 6.10 Å². The van der Waals surface area contributed by atoms with Gasteiger partial charge in [-0.2, -0.15) is 0 Å². The number of aliphatic hydroxyl groups excluding tert-OH is 1. The first-order valence-corrected chi connectivity index (χ1v) is 10.0. The Hall–Kier alpha value is -2.39. The molecule has 0 amide bonds. The summed E-state index contributed by atoms with van der Waals surface area (Å²) in [6.45, 7) is 10.2. The van der Waals surface area contributed by atoms with E-state index in [-0.39, 0.29) is 5.43 Å². The standard InChI is InChI=1S/C25H33NO2/c1-17(2)15-21(27)16-19(4)10-8-9-18(3)13-14-22-20(5)26-24-12-7-6-11-23(24)25(22)28/h6-7,10-13,15,21,27H,8-9,14,16H2,1-5H3,(H,26,28)/b18-13+,19-10+/t21-/m0/s1. The number of nitrogens with one attached hydrogen (secondary N) is 1. The summed E-state index contributed by atoms with van der Waals surface area (Å²) in [4.78, 5) is 16.1. The highest BCUT2D eigenvalue weighted by atomic mass is 16.3. The number of rotatable bonds is 8. The van der Waals surface area contributed by atoms with Crippen LogP contribution in [-0.4, -0.2) is 16.2 Å². The molecule has 3 heteroatoms. The van der Waals surface area contributed by atoms with Crippen LogP contribution in [0.25, 0.3) is 10.9 Å². The Morgan fingerprint density at radius 3 is 2.54 bits per heavy atom. The number of aromatic amines is 1. The first-order valence-electron chi connectivity index (χ1n) is 10.0. The maximum atomic E-state index is 12.8. The summed E-state index contributed by atoms with van der Waals surface area (Å²) in [5, 5.41) is 10.7. The van der Waals surface area contributed by atoms with Crippen LogP contribution < -0.4 is 5.43 Å². The van der Waals surface area contributed by atoms with Crippen LogP contribution in [0.4, 0.5) is 0 Å². The number of para-hydroxylation sites is 1. The predicted molar refractivity (Wildman–Crippen MR) is 120 cm³/mol. The molecule has 0 unspecified atom stereocenters. The summed E-state index contributed by atoms with van der Waals surface area (Å²) in [5.74, 6) is 0. The maximum absolute atomic E-state index is 12.8. The van der Waals surface area contributed by atoms with E-state index in [1.807, 2.05) is 51.1 Å². The van der Waals surface area contributed by atoms with Gasteiger partial charge >= 0.3 is 0 Å². The zero-order valence-corrected chi connectivity index (χ0v) is 17.8. The molecule has 0 aliphatic carbocycles. The van der Waals surface area contributed by atoms with Crippen molar-refractivity contribution in [2.24, 2.45) is 0 Å². The van der Waals surface area contributed by atoms with Crippen molar-refractivity contribution < 1.29 is 5.11 Å². The average Bonchev–Trinajstić information content (AvgIpc) is 2.60. The maximum Gasteiger partial charge on any atom is 0.193 e. The van der Waals surface area contributed by atoms with Crippen molar-refractivity contribution in [1.29, 1.82) is 0 Å². The highest BCUT2D eigenvalue weighted by Gasteiger charge is 2.08. The predicted octanol–water partition coefficient (Wildman–Crippen LogP) is 5.77. The molecule has 2 rings (SSSR count). The Balaban J connectivity index is 1.98. The van der Waals surface area contributed by atoms with Gasteiger partial charge in [0.15, 0.2) is 5.43 Å². The Kier molecular flexibility index (Phi) is 8.01. The van der Waals surface area contributed by atoms with Gasteiger partial charge in [-0.25, -0.2) is 0 Å². The second kappa shape index (κ2) is 10.2. The minimum absolute atomic E-state index is 0.125. The van der Waals surface area contributed by atoms with E-state index in [4.69, 9.17) is 0 Å². The van der Waals surface area contributed by atoms with Crippen LogP contribution in [0.2, 0.25) is 0 Å². The van der Waals surface area contributed by atoms with Crippen molar-refractivity contribution in [2.45, 2.75) is 66.4 Å². The lowest BCUT2D eigenvalue weighted by Gasteiger charge is -2.08. The molecule has 1 aromatic carbocycles. The van der Waals surface area contributed by atoms with Crippen molar-refractivity contribution in [2.75, 3.05) is 0 Å². The van der Waals surface area contributed by atoms with Crippen LogP contribution >= 0.6 is 0 Å².